The Kier molecular flexibility index (Phi) is 6.00. The van der Waals surface area contributed by atoms with E-state index in [2.05, 4.69) is 5.32 Å². The van der Waals surface area contributed by atoms with Crippen LogP contribution in [-0.4, -0.2) is 37.0 Å². The summed E-state index contributed by atoms with van der Waals surface area (Å²) in [6.07, 6.45) is 4.68. The molecule has 2 aliphatic heterocycles. The number of amides is 1. The molecule has 1 aromatic rings. The molecule has 2 aliphatic rings. The Bertz CT molecular complexity index is 514. The summed E-state index contributed by atoms with van der Waals surface area (Å²) in [5, 5.41) is 4.44. The zero-order chi connectivity index (χ0) is 14.9. The maximum atomic E-state index is 12.6. The van der Waals surface area contributed by atoms with Crippen molar-refractivity contribution in [1.29, 1.82) is 0 Å². The van der Waals surface area contributed by atoms with Gasteiger partial charge < -0.3 is 10.2 Å². The van der Waals surface area contributed by atoms with Gasteiger partial charge in [0.25, 0.3) is 5.91 Å². The van der Waals surface area contributed by atoms with Crippen molar-refractivity contribution in [3.8, 4) is 0 Å². The molecule has 6 heteroatoms. The van der Waals surface area contributed by atoms with Crippen molar-refractivity contribution in [1.82, 2.24) is 10.2 Å². The average molecular weight is 364 g/mol. The minimum Gasteiger partial charge on any atom is -0.339 e. The average Bonchev–Trinajstić information content (AvgIpc) is 2.47. The van der Waals surface area contributed by atoms with Crippen LogP contribution < -0.4 is 5.32 Å². The van der Waals surface area contributed by atoms with Crippen LogP contribution in [0.4, 0.5) is 0 Å². The van der Waals surface area contributed by atoms with Crippen LogP contribution in [0.25, 0.3) is 0 Å². The van der Waals surface area contributed by atoms with Crippen molar-refractivity contribution < 1.29 is 4.79 Å². The number of hydrogen-bond acceptors (Lipinski definition) is 2. The number of carbonyl (C=O) groups is 1. The lowest BCUT2D eigenvalue weighted by Crippen LogP contribution is -2.47. The van der Waals surface area contributed by atoms with Gasteiger partial charge in [0, 0.05) is 28.7 Å². The van der Waals surface area contributed by atoms with Crippen molar-refractivity contribution >= 4 is 41.5 Å². The lowest BCUT2D eigenvalue weighted by Gasteiger charge is -2.44. The lowest BCUT2D eigenvalue weighted by atomic mass is 9.71. The first-order valence-corrected chi connectivity index (χ1v) is 8.30. The first-order chi connectivity index (χ1) is 10.1. The standard InChI is InChI=1S/C16H20Cl2N2O.ClH/c17-13-9-12(10-14(18)11-13)15(21)20-7-3-16(4-8-20)1-5-19-6-2-16;/h9-11,19H,1-8H2;1H. The van der Waals surface area contributed by atoms with Gasteiger partial charge in [-0.2, -0.15) is 0 Å². The second-order valence-electron chi connectivity index (χ2n) is 6.20. The molecule has 0 unspecified atom stereocenters. The summed E-state index contributed by atoms with van der Waals surface area (Å²) in [6.45, 7) is 3.89. The third-order valence-electron chi connectivity index (χ3n) is 4.89. The first kappa shape index (κ1) is 17.9. The highest BCUT2D eigenvalue weighted by Gasteiger charge is 2.36. The SMILES string of the molecule is Cl.O=C(c1cc(Cl)cc(Cl)c1)N1CCC2(CCNCC2)CC1. The van der Waals surface area contributed by atoms with E-state index in [0.29, 0.717) is 21.0 Å². The van der Waals surface area contributed by atoms with Crippen molar-refractivity contribution in [3.05, 3.63) is 33.8 Å². The predicted molar refractivity (Wildman–Crippen MR) is 93.4 cm³/mol. The van der Waals surface area contributed by atoms with Gasteiger partial charge in [-0.3, -0.25) is 4.79 Å². The van der Waals surface area contributed by atoms with Crippen LogP contribution in [0.5, 0.6) is 0 Å². The number of carbonyl (C=O) groups excluding carboxylic acids is 1. The molecule has 0 bridgehead atoms. The molecule has 0 atom stereocenters. The Morgan fingerprint density at radius 3 is 2.09 bits per heavy atom. The number of nitrogens with one attached hydrogen (secondary N) is 1. The highest BCUT2D eigenvalue weighted by Crippen LogP contribution is 2.39. The molecule has 3 nitrogen and oxygen atoms in total. The first-order valence-electron chi connectivity index (χ1n) is 7.54. The third kappa shape index (κ3) is 3.88. The zero-order valence-corrected chi connectivity index (χ0v) is 14.7. The van der Waals surface area contributed by atoms with Crippen molar-refractivity contribution in [3.63, 3.8) is 0 Å². The summed E-state index contributed by atoms with van der Waals surface area (Å²) < 4.78 is 0. The van der Waals surface area contributed by atoms with Crippen molar-refractivity contribution in [2.24, 2.45) is 5.41 Å². The van der Waals surface area contributed by atoms with Gasteiger partial charge >= 0.3 is 0 Å². The van der Waals surface area contributed by atoms with Gasteiger partial charge in [0.05, 0.1) is 0 Å². The summed E-state index contributed by atoms with van der Waals surface area (Å²) in [4.78, 5) is 14.5. The van der Waals surface area contributed by atoms with Crippen LogP contribution >= 0.6 is 35.6 Å². The van der Waals surface area contributed by atoms with E-state index in [9.17, 15) is 4.79 Å². The maximum absolute atomic E-state index is 12.6. The number of benzene rings is 1. The number of rotatable bonds is 1. The Morgan fingerprint density at radius 1 is 1.00 bits per heavy atom. The molecule has 3 rings (SSSR count). The number of hydrogen-bond donors (Lipinski definition) is 1. The van der Waals surface area contributed by atoms with Gasteiger partial charge in [-0.05, 0) is 62.4 Å². The van der Waals surface area contributed by atoms with Gasteiger partial charge in [0.2, 0.25) is 0 Å². The number of nitrogens with zero attached hydrogens (tertiary/aromatic N) is 1. The quantitative estimate of drug-likeness (QED) is 0.817. The number of piperidine rings is 2. The van der Waals surface area contributed by atoms with Crippen LogP contribution in [0, 0.1) is 5.41 Å². The Hall–Kier alpha value is -0.480. The topological polar surface area (TPSA) is 32.3 Å². The van der Waals surface area contributed by atoms with E-state index < -0.39 is 0 Å². The molecule has 1 amide bonds. The predicted octanol–water partition coefficient (Wildman–Crippen LogP) is 4.02. The molecule has 0 saturated carbocycles. The summed E-state index contributed by atoms with van der Waals surface area (Å²) in [7, 11) is 0. The van der Waals surface area contributed by atoms with Gasteiger partial charge in [-0.15, -0.1) is 12.4 Å². The molecule has 1 aromatic carbocycles. The van der Waals surface area contributed by atoms with Crippen LogP contribution in [0.15, 0.2) is 18.2 Å². The summed E-state index contributed by atoms with van der Waals surface area (Å²) >= 11 is 12.0. The highest BCUT2D eigenvalue weighted by molar-refractivity contribution is 6.35. The molecular weight excluding hydrogens is 343 g/mol. The van der Waals surface area contributed by atoms with E-state index in [1.807, 2.05) is 4.90 Å². The fraction of sp³-hybridized carbons (Fsp3) is 0.562. The molecule has 22 heavy (non-hydrogen) atoms. The second kappa shape index (κ2) is 7.39. The highest BCUT2D eigenvalue weighted by atomic mass is 35.5. The zero-order valence-electron chi connectivity index (χ0n) is 12.4. The van der Waals surface area contributed by atoms with Crippen molar-refractivity contribution in [2.75, 3.05) is 26.2 Å². The minimum absolute atomic E-state index is 0. The summed E-state index contributed by atoms with van der Waals surface area (Å²) in [6, 6.07) is 5.05. The van der Waals surface area contributed by atoms with E-state index in [0.717, 1.165) is 39.0 Å². The molecule has 0 radical (unpaired) electrons. The Balaban J connectivity index is 0.00000176. The minimum atomic E-state index is 0. The largest absolute Gasteiger partial charge is 0.339 e. The van der Waals surface area contributed by atoms with Crippen LogP contribution in [-0.2, 0) is 0 Å². The number of halogens is 3. The fourth-order valence-electron chi connectivity index (χ4n) is 3.50. The van der Waals surface area contributed by atoms with E-state index in [4.69, 9.17) is 23.2 Å². The second-order valence-corrected chi connectivity index (χ2v) is 7.07. The van der Waals surface area contributed by atoms with Gasteiger partial charge in [-0.1, -0.05) is 23.2 Å². The fourth-order valence-corrected chi connectivity index (χ4v) is 4.03. The van der Waals surface area contributed by atoms with E-state index in [-0.39, 0.29) is 18.3 Å². The van der Waals surface area contributed by atoms with Crippen LogP contribution in [0.2, 0.25) is 10.0 Å². The summed E-state index contributed by atoms with van der Waals surface area (Å²) in [5.74, 6) is 0.0446. The molecule has 0 aromatic heterocycles. The maximum Gasteiger partial charge on any atom is 0.253 e. The van der Waals surface area contributed by atoms with E-state index >= 15 is 0 Å². The molecule has 122 valence electrons. The van der Waals surface area contributed by atoms with Gasteiger partial charge in [0.1, 0.15) is 0 Å². The van der Waals surface area contributed by atoms with Gasteiger partial charge in [-0.25, -0.2) is 0 Å². The molecule has 2 saturated heterocycles. The van der Waals surface area contributed by atoms with Gasteiger partial charge in [0.15, 0.2) is 0 Å². The molecular formula is C16H21Cl3N2O. The van der Waals surface area contributed by atoms with Crippen LogP contribution in [0.1, 0.15) is 36.0 Å². The lowest BCUT2D eigenvalue weighted by molar-refractivity contribution is 0.0495. The molecule has 0 aliphatic carbocycles. The monoisotopic (exact) mass is 362 g/mol. The Morgan fingerprint density at radius 2 is 1.55 bits per heavy atom. The third-order valence-corrected chi connectivity index (χ3v) is 5.32. The van der Waals surface area contributed by atoms with Crippen LogP contribution in [0.3, 0.4) is 0 Å². The molecule has 2 heterocycles. The van der Waals surface area contributed by atoms with E-state index in [1.165, 1.54) is 12.8 Å². The molecule has 1 N–H and O–H groups in total. The molecule has 2 fully saturated rings. The summed E-state index contributed by atoms with van der Waals surface area (Å²) in [5.41, 5.74) is 1.04. The number of likely N-dealkylation sites (tertiary alicyclic amines) is 1. The molecule has 1 spiro atoms. The van der Waals surface area contributed by atoms with E-state index in [1.54, 1.807) is 18.2 Å². The Labute approximate surface area is 147 Å². The smallest absolute Gasteiger partial charge is 0.253 e. The normalized spacial score (nSPS) is 20.5. The van der Waals surface area contributed by atoms with Crippen molar-refractivity contribution in [2.45, 2.75) is 25.7 Å².